The minimum atomic E-state index is -1.35. The van der Waals surface area contributed by atoms with Crippen molar-refractivity contribution in [2.75, 3.05) is 6.61 Å². The highest BCUT2D eigenvalue weighted by Gasteiger charge is 2.43. The highest BCUT2D eigenvalue weighted by Crippen LogP contribution is 2.58. The number of phenolic OH excluding ortho intramolecular Hbond substituents is 5. The Morgan fingerprint density at radius 3 is 2.00 bits per heavy atom. The van der Waals surface area contributed by atoms with Crippen molar-refractivity contribution < 1.29 is 45.2 Å². The number of allylic oxidation sites excluding steroid dienone is 2. The molecule has 5 atom stereocenters. The highest BCUT2D eigenvalue weighted by molar-refractivity contribution is 6.31. The summed E-state index contributed by atoms with van der Waals surface area (Å²) >= 11 is 7.26. The van der Waals surface area contributed by atoms with Crippen LogP contribution in [0.25, 0.3) is 36.5 Å². The van der Waals surface area contributed by atoms with Crippen LogP contribution in [0.5, 0.6) is 34.5 Å². The maximum Gasteiger partial charge on any atom is 0.174 e. The van der Waals surface area contributed by atoms with E-state index >= 15 is 0 Å². The molecule has 6 aromatic rings. The zero-order chi connectivity index (χ0) is 52.9. The minimum absolute atomic E-state index is 0.0370. The lowest BCUT2D eigenvalue weighted by molar-refractivity contribution is -0.117. The van der Waals surface area contributed by atoms with Crippen molar-refractivity contribution in [1.82, 2.24) is 0 Å². The van der Waals surface area contributed by atoms with Gasteiger partial charge in [-0.2, -0.15) is 0 Å². The van der Waals surface area contributed by atoms with Crippen molar-refractivity contribution in [3.05, 3.63) is 211 Å². The molecule has 1 heterocycles. The van der Waals surface area contributed by atoms with Crippen LogP contribution in [-0.4, -0.2) is 54.7 Å². The third-order valence-electron chi connectivity index (χ3n) is 13.0. The molecule has 10 heteroatoms. The van der Waals surface area contributed by atoms with Gasteiger partial charge < -0.3 is 45.2 Å². The molecule has 6 aromatic carbocycles. The van der Waals surface area contributed by atoms with Crippen molar-refractivity contribution in [2.45, 2.75) is 85.2 Å². The van der Waals surface area contributed by atoms with E-state index in [2.05, 4.69) is 32.2 Å². The number of halogens is 1. The molecule has 0 saturated heterocycles. The molecule has 0 fully saturated rings. The average Bonchev–Trinajstić information content (AvgIpc) is 3.79. The summed E-state index contributed by atoms with van der Waals surface area (Å²) in [6, 6.07) is 31.0. The maximum atomic E-state index is 11.7. The van der Waals surface area contributed by atoms with Crippen molar-refractivity contribution in [3.8, 4) is 34.5 Å². The number of phenols is 5. The van der Waals surface area contributed by atoms with Gasteiger partial charge in [0.2, 0.25) is 0 Å². The van der Waals surface area contributed by atoms with E-state index in [-0.39, 0.29) is 52.6 Å². The molecule has 0 aliphatic carbocycles. The molecule has 1 aliphatic heterocycles. The van der Waals surface area contributed by atoms with Crippen molar-refractivity contribution in [1.29, 1.82) is 0 Å². The summed E-state index contributed by atoms with van der Waals surface area (Å²) in [4.78, 5) is 0. The summed E-state index contributed by atoms with van der Waals surface area (Å²) < 4.78 is 12.7. The number of hydrogen-bond donors (Lipinski definition) is 7. The van der Waals surface area contributed by atoms with Crippen LogP contribution >= 0.6 is 11.6 Å². The molecule has 9 nitrogen and oxygen atoms in total. The smallest absolute Gasteiger partial charge is 0.174 e. The SMILES string of the molecule is C=C/C(Cl)=C(\CC(C)Cc1ccc(C=C)cc1)C1c2c(/C=C/c3c(/C=C/C(O)OC(CO)Cc4ccc(C)cc4)ccc(O)c3C)ccc(O)c2OC1c1ccc(O)c(O)c1/C=C/c1ccc(C)c(O)c1.CC. The molecule has 0 bridgehead atoms. The van der Waals surface area contributed by atoms with E-state index in [9.17, 15) is 35.7 Å². The molecule has 380 valence electrons. The molecule has 73 heavy (non-hydrogen) atoms. The fourth-order valence-corrected chi connectivity index (χ4v) is 9.27. The molecule has 0 spiro atoms. The van der Waals surface area contributed by atoms with Gasteiger partial charge in [-0.1, -0.05) is 172 Å². The van der Waals surface area contributed by atoms with Crippen LogP contribution in [0.1, 0.15) is 112 Å². The normalized spacial score (nSPS) is 15.8. The van der Waals surface area contributed by atoms with E-state index in [0.717, 1.165) is 27.8 Å². The monoisotopic (exact) mass is 1000 g/mol. The van der Waals surface area contributed by atoms with Gasteiger partial charge >= 0.3 is 0 Å². The minimum Gasteiger partial charge on any atom is -0.508 e. The first-order valence-electron chi connectivity index (χ1n) is 24.5. The van der Waals surface area contributed by atoms with E-state index in [4.69, 9.17) is 21.1 Å². The quantitative estimate of drug-likeness (QED) is 0.0181. The number of benzene rings is 6. The lowest BCUT2D eigenvalue weighted by Gasteiger charge is -2.27. The van der Waals surface area contributed by atoms with Crippen LogP contribution in [-0.2, 0) is 17.6 Å². The fourth-order valence-electron chi connectivity index (χ4n) is 9.08. The number of aliphatic hydroxyl groups is 2. The second-order valence-corrected chi connectivity index (χ2v) is 18.6. The predicted octanol–water partition coefficient (Wildman–Crippen LogP) is 14.3. The Morgan fingerprint density at radius 1 is 0.699 bits per heavy atom. The summed E-state index contributed by atoms with van der Waals surface area (Å²) in [5.41, 5.74) is 10.2. The number of ether oxygens (including phenoxy) is 2. The van der Waals surface area contributed by atoms with E-state index in [1.54, 1.807) is 86.7 Å². The second-order valence-electron chi connectivity index (χ2n) is 18.2. The first kappa shape index (κ1) is 55.1. The number of fused-ring (bicyclic) bond motifs is 1. The van der Waals surface area contributed by atoms with Gasteiger partial charge in [0.25, 0.3) is 0 Å². The molecular weight excluding hydrogens is 936 g/mol. The first-order valence-corrected chi connectivity index (χ1v) is 24.9. The van der Waals surface area contributed by atoms with Crippen LogP contribution in [0.4, 0.5) is 0 Å². The van der Waals surface area contributed by atoms with E-state index in [1.165, 1.54) is 12.1 Å². The summed E-state index contributed by atoms with van der Waals surface area (Å²) in [7, 11) is 0. The van der Waals surface area contributed by atoms with Crippen LogP contribution in [0, 0.1) is 26.7 Å². The van der Waals surface area contributed by atoms with Gasteiger partial charge in [-0.15, -0.1) is 0 Å². The van der Waals surface area contributed by atoms with Gasteiger partial charge in [0.1, 0.15) is 17.6 Å². The molecular formula is C63H67ClO9. The molecule has 0 radical (unpaired) electrons. The van der Waals surface area contributed by atoms with Crippen molar-refractivity contribution in [2.24, 2.45) is 5.92 Å². The van der Waals surface area contributed by atoms with Crippen molar-refractivity contribution >= 4 is 48.1 Å². The number of aliphatic hydroxyl groups excluding tert-OH is 2. The van der Waals surface area contributed by atoms with Crippen LogP contribution < -0.4 is 4.74 Å². The molecule has 0 aromatic heterocycles. The second kappa shape index (κ2) is 25.4. The topological polar surface area (TPSA) is 160 Å². The highest BCUT2D eigenvalue weighted by atomic mass is 35.5. The predicted molar refractivity (Wildman–Crippen MR) is 298 cm³/mol. The maximum absolute atomic E-state index is 11.7. The number of aryl methyl sites for hydroxylation is 2. The third kappa shape index (κ3) is 13.4. The Balaban J connectivity index is 0.00000429. The van der Waals surface area contributed by atoms with Gasteiger partial charge in [-0.05, 0) is 126 Å². The molecule has 5 unspecified atom stereocenters. The summed E-state index contributed by atoms with van der Waals surface area (Å²) in [6.45, 7) is 19.4. The largest absolute Gasteiger partial charge is 0.508 e. The van der Waals surface area contributed by atoms with Crippen LogP contribution in [0.3, 0.4) is 0 Å². The lowest BCUT2D eigenvalue weighted by Crippen LogP contribution is -2.26. The molecule has 7 rings (SSSR count). The Labute approximate surface area is 435 Å². The summed E-state index contributed by atoms with van der Waals surface area (Å²) in [5, 5.41) is 77.1. The van der Waals surface area contributed by atoms with Gasteiger partial charge in [0.15, 0.2) is 29.3 Å². The third-order valence-corrected chi connectivity index (χ3v) is 13.4. The van der Waals surface area contributed by atoms with Gasteiger partial charge in [-0.25, -0.2) is 0 Å². The zero-order valence-corrected chi connectivity index (χ0v) is 43.1. The Kier molecular flexibility index (Phi) is 19.2. The molecule has 0 saturated carbocycles. The van der Waals surface area contributed by atoms with E-state index < -0.39 is 24.4 Å². The van der Waals surface area contributed by atoms with Crippen LogP contribution in [0.2, 0.25) is 0 Å². The number of aromatic hydroxyl groups is 5. The molecule has 0 amide bonds. The fraction of sp³-hybridized carbons (Fsp3) is 0.238. The van der Waals surface area contributed by atoms with Gasteiger partial charge in [0.05, 0.1) is 18.6 Å². The van der Waals surface area contributed by atoms with E-state index in [1.807, 2.05) is 75.4 Å². The van der Waals surface area contributed by atoms with E-state index in [0.29, 0.717) is 68.8 Å². The summed E-state index contributed by atoms with van der Waals surface area (Å²) in [5.74, 6) is -1.16. The lowest BCUT2D eigenvalue weighted by atomic mass is 9.77. The Morgan fingerprint density at radius 2 is 1.33 bits per heavy atom. The van der Waals surface area contributed by atoms with Crippen molar-refractivity contribution in [3.63, 3.8) is 0 Å². The Bertz CT molecular complexity index is 3020. The summed E-state index contributed by atoms with van der Waals surface area (Å²) in [6.07, 6.45) is 12.3. The zero-order valence-electron chi connectivity index (χ0n) is 42.4. The number of rotatable bonds is 19. The standard InChI is InChI=1S/C61H61ClO9.C2H6/c1-7-40-15-17-41(18-16-40)31-37(4)32-50(51(62)8-2)58-57-45(20-25-47-39(6)52(64)27-21-44(47)23-30-56(68)70-46(35-63)33-42-12-9-36(3)10-13-42)22-28-54(66)61(57)71-60(58)49-26-29-53(65)59(69)48(49)24-19-43-14-11-38(5)55(67)34-43;1-2/h7-30,34,37,46,56,58,60,63-69H,1-2,31-33,35H2,3-6H3;1-2H3/b24-19+,25-20+,30-23+,51-50-;. The van der Waals surface area contributed by atoms with Gasteiger partial charge in [0, 0.05) is 28.1 Å². The number of hydrogen-bond acceptors (Lipinski definition) is 9. The molecule has 1 aliphatic rings. The average molecular weight is 1000 g/mol. The van der Waals surface area contributed by atoms with Gasteiger partial charge in [-0.3, -0.25) is 0 Å². The molecule has 7 N–H and O–H groups in total. The Hall–Kier alpha value is -7.27. The first-order chi connectivity index (χ1) is 35.1. The van der Waals surface area contributed by atoms with Crippen LogP contribution in [0.15, 0.2) is 139 Å².